The van der Waals surface area contributed by atoms with Gasteiger partial charge in [0.2, 0.25) is 0 Å². The fourth-order valence-corrected chi connectivity index (χ4v) is 0.856. The Morgan fingerprint density at radius 3 is 2.00 bits per heavy atom. The lowest BCUT2D eigenvalue weighted by atomic mass is 11.0. The zero-order valence-electron chi connectivity index (χ0n) is 4.59. The van der Waals surface area contributed by atoms with Crippen LogP contribution in [0.4, 0.5) is 0 Å². The van der Waals surface area contributed by atoms with E-state index in [-0.39, 0.29) is 0 Å². The Balaban J connectivity index is 4.17. The Labute approximate surface area is 57.3 Å². The summed E-state index contributed by atoms with van der Waals surface area (Å²) in [4.78, 5) is 0. The molecule has 0 amide bonds. The topological polar surface area (TPSA) is 43.4 Å². The Kier molecular flexibility index (Phi) is 2.93. The third-order valence-corrected chi connectivity index (χ3v) is 3.26. The molecule has 0 saturated heterocycles. The van der Waals surface area contributed by atoms with E-state index in [0.29, 0.717) is 0 Å². The van der Waals surface area contributed by atoms with Gasteiger partial charge in [0.25, 0.3) is 10.1 Å². The van der Waals surface area contributed by atoms with Crippen molar-refractivity contribution in [2.24, 2.45) is 0 Å². The van der Waals surface area contributed by atoms with Crippen molar-refractivity contribution in [3.05, 3.63) is 0 Å². The van der Waals surface area contributed by atoms with Gasteiger partial charge in [-0.25, -0.2) is 0 Å². The lowest BCUT2D eigenvalue weighted by molar-refractivity contribution is 0.397. The minimum atomic E-state index is -3.32. The molecule has 0 aliphatic heterocycles. The van der Waals surface area contributed by atoms with E-state index < -0.39 is 14.3 Å². The molecule has 0 N–H and O–H groups in total. The summed E-state index contributed by atoms with van der Waals surface area (Å²) in [5, 5.41) is 0. The van der Waals surface area contributed by atoms with Gasteiger partial charge in [0.15, 0.2) is 0 Å². The van der Waals surface area contributed by atoms with E-state index in [9.17, 15) is 8.42 Å². The molecule has 1 atom stereocenters. The van der Waals surface area contributed by atoms with E-state index >= 15 is 0 Å². The molecule has 0 aliphatic carbocycles. The van der Waals surface area contributed by atoms with Crippen LogP contribution >= 0.6 is 15.9 Å². The summed E-state index contributed by atoms with van der Waals surface area (Å²) < 4.78 is 24.4. The van der Waals surface area contributed by atoms with Crippen molar-refractivity contribution in [3.63, 3.8) is 0 Å². The highest BCUT2D eigenvalue weighted by Gasteiger charge is 2.14. The van der Waals surface area contributed by atoms with Crippen molar-refractivity contribution in [1.29, 1.82) is 0 Å². The number of hydrogen-bond acceptors (Lipinski definition) is 3. The van der Waals surface area contributed by atoms with Crippen molar-refractivity contribution >= 4 is 26.0 Å². The quantitative estimate of drug-likeness (QED) is 0.490. The van der Waals surface area contributed by atoms with E-state index in [4.69, 9.17) is 0 Å². The molecule has 3 nitrogen and oxygen atoms in total. The molecule has 5 heteroatoms. The predicted molar refractivity (Wildman–Crippen MR) is 34.3 cm³/mol. The van der Waals surface area contributed by atoms with Crippen molar-refractivity contribution in [2.75, 3.05) is 7.11 Å². The van der Waals surface area contributed by atoms with Crippen LogP contribution in [0.5, 0.6) is 0 Å². The zero-order valence-corrected chi connectivity index (χ0v) is 6.99. The van der Waals surface area contributed by atoms with E-state index in [1.54, 1.807) is 0 Å². The number of alkyl halides is 1. The minimum Gasteiger partial charge on any atom is -0.273 e. The molecule has 1 unspecified atom stereocenters. The van der Waals surface area contributed by atoms with Crippen molar-refractivity contribution in [3.8, 4) is 0 Å². The normalized spacial score (nSPS) is 15.9. The number of rotatable bonds is 2. The molecule has 50 valence electrons. The molecular weight excluding hydrogens is 196 g/mol. The molecule has 0 aromatic heterocycles. The Morgan fingerprint density at radius 1 is 1.62 bits per heavy atom. The van der Waals surface area contributed by atoms with E-state index in [0.717, 1.165) is 7.11 Å². The predicted octanol–water partition coefficient (Wildman–Crippen LogP) is 0.704. The molecule has 0 rings (SSSR count). The van der Waals surface area contributed by atoms with Gasteiger partial charge in [-0.2, -0.15) is 8.42 Å². The first-order valence-corrected chi connectivity index (χ1v) is 4.33. The van der Waals surface area contributed by atoms with Gasteiger partial charge in [-0.05, 0) is 6.92 Å². The second-order valence-electron chi connectivity index (χ2n) is 1.20. The molecule has 0 bridgehead atoms. The van der Waals surface area contributed by atoms with Gasteiger partial charge in [-0.15, -0.1) is 0 Å². The van der Waals surface area contributed by atoms with Crippen LogP contribution in [-0.4, -0.2) is 19.7 Å². The Morgan fingerprint density at radius 2 is 2.00 bits per heavy atom. The molecule has 0 fully saturated rings. The summed E-state index contributed by atoms with van der Waals surface area (Å²) >= 11 is 2.84. The summed E-state index contributed by atoms with van der Waals surface area (Å²) in [7, 11) is -2.19. The third-order valence-electron chi connectivity index (χ3n) is 0.630. The van der Waals surface area contributed by atoms with Gasteiger partial charge in [0.1, 0.15) is 4.16 Å². The van der Waals surface area contributed by atoms with Crippen LogP contribution in [0.1, 0.15) is 6.92 Å². The van der Waals surface area contributed by atoms with E-state index in [1.807, 2.05) is 0 Å². The van der Waals surface area contributed by atoms with E-state index in [2.05, 4.69) is 20.1 Å². The average molecular weight is 203 g/mol. The molecule has 0 aromatic carbocycles. The molecule has 0 aliphatic rings. The lowest BCUT2D eigenvalue weighted by Crippen LogP contribution is -2.11. The van der Waals surface area contributed by atoms with E-state index in [1.165, 1.54) is 6.92 Å². The highest BCUT2D eigenvalue weighted by atomic mass is 79.9. The van der Waals surface area contributed by atoms with Crippen LogP contribution in [0.2, 0.25) is 0 Å². The van der Waals surface area contributed by atoms with Crippen molar-refractivity contribution in [2.45, 2.75) is 11.1 Å². The van der Waals surface area contributed by atoms with Gasteiger partial charge < -0.3 is 0 Å². The second-order valence-corrected chi connectivity index (χ2v) is 5.21. The van der Waals surface area contributed by atoms with Crippen LogP contribution in [-0.2, 0) is 14.3 Å². The summed E-state index contributed by atoms with van der Waals surface area (Å²) in [6.45, 7) is 1.48. The second kappa shape index (κ2) is 2.80. The largest absolute Gasteiger partial charge is 0.279 e. The minimum absolute atomic E-state index is 0.625. The molecule has 0 saturated carbocycles. The molecule has 8 heavy (non-hydrogen) atoms. The maximum absolute atomic E-state index is 10.4. The fraction of sp³-hybridized carbons (Fsp3) is 1.00. The number of hydrogen-bond donors (Lipinski definition) is 0. The summed E-state index contributed by atoms with van der Waals surface area (Å²) in [6.07, 6.45) is 0. The van der Waals surface area contributed by atoms with Gasteiger partial charge in [-0.3, -0.25) is 4.18 Å². The molecule has 0 radical (unpaired) electrons. The third kappa shape index (κ3) is 2.11. The fourth-order valence-electron chi connectivity index (χ4n) is 0.133. The first-order chi connectivity index (χ1) is 3.50. The van der Waals surface area contributed by atoms with Crippen LogP contribution in [0, 0.1) is 0 Å². The van der Waals surface area contributed by atoms with Gasteiger partial charge >= 0.3 is 0 Å². The lowest BCUT2D eigenvalue weighted by Gasteiger charge is -1.99. The van der Waals surface area contributed by atoms with Crippen LogP contribution in [0.25, 0.3) is 0 Å². The zero-order chi connectivity index (χ0) is 6.78. The maximum atomic E-state index is 10.4. The van der Waals surface area contributed by atoms with Crippen molar-refractivity contribution < 1.29 is 12.6 Å². The molecular formula is C3H7BrO3S. The van der Waals surface area contributed by atoms with Crippen LogP contribution < -0.4 is 0 Å². The highest BCUT2D eigenvalue weighted by molar-refractivity contribution is 9.11. The average Bonchev–Trinajstić information content (AvgIpc) is 1.67. The monoisotopic (exact) mass is 202 g/mol. The van der Waals surface area contributed by atoms with Gasteiger partial charge in [-0.1, -0.05) is 15.9 Å². The Bertz CT molecular complexity index is 148. The highest BCUT2D eigenvalue weighted by Crippen LogP contribution is 2.07. The first-order valence-electron chi connectivity index (χ1n) is 1.94. The summed E-state index contributed by atoms with van der Waals surface area (Å²) in [5.41, 5.74) is 0. The Hall–Kier alpha value is 0.390. The standard InChI is InChI=1S/C3H7BrO3S/c1-3(4)8(5,6)7-2/h3H,1-2H3. The van der Waals surface area contributed by atoms with Crippen molar-refractivity contribution in [1.82, 2.24) is 0 Å². The molecule has 0 aromatic rings. The molecule has 0 heterocycles. The summed E-state index contributed by atoms with van der Waals surface area (Å²) in [6, 6.07) is 0. The van der Waals surface area contributed by atoms with Crippen LogP contribution in [0.3, 0.4) is 0 Å². The SMILES string of the molecule is COS(=O)(=O)C(C)Br. The first kappa shape index (κ1) is 8.39. The maximum Gasteiger partial charge on any atom is 0.279 e. The summed E-state index contributed by atoms with van der Waals surface area (Å²) in [5.74, 6) is 0. The molecule has 0 spiro atoms. The number of halogens is 1. The van der Waals surface area contributed by atoms with Gasteiger partial charge in [0.05, 0.1) is 7.11 Å². The van der Waals surface area contributed by atoms with Crippen LogP contribution in [0.15, 0.2) is 0 Å². The van der Waals surface area contributed by atoms with Gasteiger partial charge in [0, 0.05) is 0 Å². The smallest absolute Gasteiger partial charge is 0.273 e.